The van der Waals surface area contributed by atoms with E-state index in [9.17, 15) is 15.0 Å². The van der Waals surface area contributed by atoms with Crippen molar-refractivity contribution in [1.29, 1.82) is 0 Å². The Morgan fingerprint density at radius 3 is 2.57 bits per heavy atom. The van der Waals surface area contributed by atoms with E-state index in [1.165, 1.54) is 0 Å². The number of benzene rings is 2. The minimum Gasteiger partial charge on any atom is -0.481 e. The Labute approximate surface area is 183 Å². The third-order valence-electron chi connectivity index (χ3n) is 5.91. The highest BCUT2D eigenvalue weighted by Gasteiger charge is 2.37. The third kappa shape index (κ3) is 5.27. The lowest BCUT2D eigenvalue weighted by molar-refractivity contribution is -0.137. The zero-order valence-electron chi connectivity index (χ0n) is 17.9. The average Bonchev–Trinajstić information content (AvgIpc) is 3.18. The fraction of sp³-hybridized carbons (Fsp3) is 0.458. The minimum atomic E-state index is -0.817. The van der Waals surface area contributed by atoms with E-state index in [1.54, 1.807) is 0 Å². The summed E-state index contributed by atoms with van der Waals surface area (Å²) in [6, 6.07) is 13.7. The van der Waals surface area contributed by atoms with Gasteiger partial charge in [-0.05, 0) is 81.0 Å². The SMILES string of the molecule is CC[C@H](CC(=O)O)c1ccc(N2CCCC2C(C)(C)O)c(Nc2ccc(Cl)cc2)c1. The molecule has 162 valence electrons. The molecule has 1 unspecified atom stereocenters. The number of halogens is 1. The third-order valence-corrected chi connectivity index (χ3v) is 6.16. The summed E-state index contributed by atoms with van der Waals surface area (Å²) in [6.07, 6.45) is 2.81. The number of aliphatic carboxylic acids is 1. The normalized spacial score (nSPS) is 17.8. The molecule has 1 aliphatic heterocycles. The number of aliphatic hydroxyl groups is 1. The van der Waals surface area contributed by atoms with E-state index in [1.807, 2.05) is 51.1 Å². The van der Waals surface area contributed by atoms with E-state index >= 15 is 0 Å². The van der Waals surface area contributed by atoms with Gasteiger partial charge in [-0.25, -0.2) is 0 Å². The second-order valence-corrected chi connectivity index (χ2v) is 9.05. The maximum Gasteiger partial charge on any atom is 0.303 e. The zero-order chi connectivity index (χ0) is 21.9. The van der Waals surface area contributed by atoms with Crippen LogP contribution in [0.15, 0.2) is 42.5 Å². The molecule has 1 aliphatic rings. The summed E-state index contributed by atoms with van der Waals surface area (Å²) in [7, 11) is 0. The van der Waals surface area contributed by atoms with E-state index in [0.29, 0.717) is 5.02 Å². The lowest BCUT2D eigenvalue weighted by atomic mass is 9.91. The van der Waals surface area contributed by atoms with Gasteiger partial charge < -0.3 is 20.4 Å². The molecule has 6 heteroatoms. The van der Waals surface area contributed by atoms with Crippen LogP contribution in [0, 0.1) is 0 Å². The predicted octanol–water partition coefficient (Wildman–Crippen LogP) is 5.79. The molecule has 0 radical (unpaired) electrons. The van der Waals surface area contributed by atoms with Gasteiger partial charge in [-0.1, -0.05) is 24.6 Å². The number of hydrogen-bond acceptors (Lipinski definition) is 4. The summed E-state index contributed by atoms with van der Waals surface area (Å²) in [5.41, 5.74) is 3.02. The van der Waals surface area contributed by atoms with Crippen molar-refractivity contribution < 1.29 is 15.0 Å². The number of nitrogens with one attached hydrogen (secondary N) is 1. The largest absolute Gasteiger partial charge is 0.481 e. The molecule has 30 heavy (non-hydrogen) atoms. The van der Waals surface area contributed by atoms with Crippen LogP contribution in [0.25, 0.3) is 0 Å². The topological polar surface area (TPSA) is 72.8 Å². The number of rotatable bonds is 8. The van der Waals surface area contributed by atoms with Crippen LogP contribution < -0.4 is 10.2 Å². The second kappa shape index (κ2) is 9.27. The molecule has 0 spiro atoms. The zero-order valence-corrected chi connectivity index (χ0v) is 18.6. The second-order valence-electron chi connectivity index (χ2n) is 8.62. The summed E-state index contributed by atoms with van der Waals surface area (Å²) < 4.78 is 0. The fourth-order valence-corrected chi connectivity index (χ4v) is 4.47. The lowest BCUT2D eigenvalue weighted by Gasteiger charge is -2.36. The Morgan fingerprint density at radius 1 is 1.27 bits per heavy atom. The molecule has 2 aromatic rings. The molecule has 0 aromatic heterocycles. The first-order valence-corrected chi connectivity index (χ1v) is 10.9. The predicted molar refractivity (Wildman–Crippen MR) is 123 cm³/mol. The molecule has 1 fully saturated rings. The van der Waals surface area contributed by atoms with Crippen molar-refractivity contribution in [2.75, 3.05) is 16.8 Å². The summed E-state index contributed by atoms with van der Waals surface area (Å²) in [5.74, 6) is -0.842. The first-order valence-electron chi connectivity index (χ1n) is 10.6. The minimum absolute atomic E-state index is 0.0232. The Hall–Kier alpha value is -2.24. The van der Waals surface area contributed by atoms with Crippen molar-refractivity contribution >= 4 is 34.6 Å². The van der Waals surface area contributed by atoms with Gasteiger partial charge in [-0.3, -0.25) is 4.79 Å². The van der Waals surface area contributed by atoms with Gasteiger partial charge in [-0.15, -0.1) is 0 Å². The molecule has 3 rings (SSSR count). The molecule has 0 aliphatic carbocycles. The molecule has 2 aromatic carbocycles. The molecule has 0 amide bonds. The van der Waals surface area contributed by atoms with E-state index < -0.39 is 11.6 Å². The van der Waals surface area contributed by atoms with Gasteiger partial charge >= 0.3 is 5.97 Å². The van der Waals surface area contributed by atoms with Gasteiger partial charge in [0.05, 0.1) is 29.4 Å². The van der Waals surface area contributed by atoms with Crippen molar-refractivity contribution in [2.24, 2.45) is 0 Å². The van der Waals surface area contributed by atoms with Gasteiger partial charge in [0.25, 0.3) is 0 Å². The average molecular weight is 431 g/mol. The fourth-order valence-electron chi connectivity index (χ4n) is 4.35. The maximum atomic E-state index is 11.3. The van der Waals surface area contributed by atoms with Crippen molar-refractivity contribution in [3.05, 3.63) is 53.1 Å². The molecular formula is C24H31ClN2O3. The highest BCUT2D eigenvalue weighted by Crippen LogP contribution is 2.39. The molecule has 0 bridgehead atoms. The van der Waals surface area contributed by atoms with Gasteiger partial charge in [0.1, 0.15) is 0 Å². The quantitative estimate of drug-likeness (QED) is 0.494. The highest BCUT2D eigenvalue weighted by molar-refractivity contribution is 6.30. The summed E-state index contributed by atoms with van der Waals surface area (Å²) in [6.45, 7) is 6.60. The molecule has 5 nitrogen and oxygen atoms in total. The van der Waals surface area contributed by atoms with E-state index in [-0.39, 0.29) is 18.4 Å². The molecule has 1 heterocycles. The van der Waals surface area contributed by atoms with Gasteiger partial charge in [0.15, 0.2) is 0 Å². The van der Waals surface area contributed by atoms with Gasteiger partial charge in [-0.2, -0.15) is 0 Å². The Bertz CT molecular complexity index is 877. The molecular weight excluding hydrogens is 400 g/mol. The summed E-state index contributed by atoms with van der Waals surface area (Å²) in [4.78, 5) is 13.6. The maximum absolute atomic E-state index is 11.3. The van der Waals surface area contributed by atoms with Crippen LogP contribution in [0.1, 0.15) is 57.9 Å². The summed E-state index contributed by atoms with van der Waals surface area (Å²) >= 11 is 6.03. The standard InChI is InChI=1S/C24H31ClN2O3/c1-4-16(15-23(28)29)17-7-12-21(27-13-5-6-22(27)24(2,3)30)20(14-17)26-19-10-8-18(25)9-11-19/h7-12,14,16,22,26,30H,4-6,13,15H2,1-3H3,(H,28,29)/t16-,22?/m1/s1. The van der Waals surface area contributed by atoms with Crippen LogP contribution in [-0.2, 0) is 4.79 Å². The van der Waals surface area contributed by atoms with Crippen LogP contribution in [0.3, 0.4) is 0 Å². The highest BCUT2D eigenvalue weighted by atomic mass is 35.5. The van der Waals surface area contributed by atoms with Crippen LogP contribution in [-0.4, -0.2) is 34.4 Å². The van der Waals surface area contributed by atoms with Crippen LogP contribution in [0.4, 0.5) is 17.1 Å². The van der Waals surface area contributed by atoms with E-state index in [2.05, 4.69) is 22.3 Å². The van der Waals surface area contributed by atoms with E-state index in [0.717, 1.165) is 48.4 Å². The monoisotopic (exact) mass is 430 g/mol. The lowest BCUT2D eigenvalue weighted by Crippen LogP contribution is -2.46. The van der Waals surface area contributed by atoms with Gasteiger partial charge in [0, 0.05) is 17.3 Å². The molecule has 0 saturated carbocycles. The van der Waals surface area contributed by atoms with Crippen molar-refractivity contribution in [1.82, 2.24) is 0 Å². The molecule has 3 N–H and O–H groups in total. The van der Waals surface area contributed by atoms with Crippen LogP contribution >= 0.6 is 11.6 Å². The number of carbonyl (C=O) groups is 1. The Balaban J connectivity index is 2.02. The van der Waals surface area contributed by atoms with Crippen molar-refractivity contribution in [3.8, 4) is 0 Å². The number of anilines is 3. The Kier molecular flexibility index (Phi) is 6.94. The number of carboxylic acids is 1. The number of nitrogens with zero attached hydrogens (tertiary/aromatic N) is 1. The van der Waals surface area contributed by atoms with Crippen molar-refractivity contribution in [3.63, 3.8) is 0 Å². The smallest absolute Gasteiger partial charge is 0.303 e. The van der Waals surface area contributed by atoms with Crippen LogP contribution in [0.5, 0.6) is 0 Å². The van der Waals surface area contributed by atoms with E-state index in [4.69, 9.17) is 11.6 Å². The van der Waals surface area contributed by atoms with Gasteiger partial charge in [0.2, 0.25) is 0 Å². The summed E-state index contributed by atoms with van der Waals surface area (Å²) in [5, 5.41) is 24.2. The first kappa shape index (κ1) is 22.4. The first-order chi connectivity index (χ1) is 14.2. The van der Waals surface area contributed by atoms with Crippen LogP contribution in [0.2, 0.25) is 5.02 Å². The van der Waals surface area contributed by atoms with Crippen molar-refractivity contribution in [2.45, 2.75) is 64.0 Å². The molecule has 1 saturated heterocycles. The molecule has 2 atom stereocenters. The number of hydrogen-bond donors (Lipinski definition) is 3. The Morgan fingerprint density at radius 2 is 1.97 bits per heavy atom. The number of carboxylic acid groups (broad SMARTS) is 1.